The van der Waals surface area contributed by atoms with Crippen LogP contribution in [0.25, 0.3) is 11.5 Å². The first-order chi connectivity index (χ1) is 7.56. The molecule has 2 aromatic rings. The minimum absolute atomic E-state index is 0.278. The molecule has 0 aliphatic rings. The van der Waals surface area contributed by atoms with Crippen LogP contribution < -0.4 is 0 Å². The van der Waals surface area contributed by atoms with Crippen molar-refractivity contribution in [2.45, 2.75) is 12.3 Å². The van der Waals surface area contributed by atoms with Gasteiger partial charge in [-0.05, 0) is 25.1 Å². The average molecular weight is 322 g/mol. The summed E-state index contributed by atoms with van der Waals surface area (Å²) in [7, 11) is 0. The topological polar surface area (TPSA) is 38.9 Å². The average Bonchev–Trinajstić information content (AvgIpc) is 2.64. The van der Waals surface area contributed by atoms with Gasteiger partial charge in [0.15, 0.2) is 5.82 Å². The van der Waals surface area contributed by atoms with Crippen LogP contribution in [0.1, 0.15) is 18.1 Å². The van der Waals surface area contributed by atoms with Crippen molar-refractivity contribution in [2.24, 2.45) is 0 Å². The number of aromatic nitrogens is 2. The highest BCUT2D eigenvalue weighted by atomic mass is 79.9. The lowest BCUT2D eigenvalue weighted by atomic mass is 10.2. The molecule has 0 saturated carbocycles. The van der Waals surface area contributed by atoms with Crippen LogP contribution >= 0.6 is 39.1 Å². The number of rotatable bonds is 2. The van der Waals surface area contributed by atoms with E-state index in [1.165, 1.54) is 0 Å². The van der Waals surface area contributed by atoms with Crippen LogP contribution in [0, 0.1) is 0 Å². The highest BCUT2D eigenvalue weighted by molar-refractivity contribution is 9.10. The van der Waals surface area contributed by atoms with E-state index in [0.29, 0.717) is 16.7 Å². The van der Waals surface area contributed by atoms with Crippen molar-refractivity contribution < 1.29 is 4.52 Å². The fourth-order valence-electron chi connectivity index (χ4n) is 1.19. The quantitative estimate of drug-likeness (QED) is 0.767. The van der Waals surface area contributed by atoms with E-state index >= 15 is 0 Å². The highest BCUT2D eigenvalue weighted by Crippen LogP contribution is 2.27. The summed E-state index contributed by atoms with van der Waals surface area (Å²) in [6, 6.07) is 5.39. The Kier molecular flexibility index (Phi) is 3.52. The van der Waals surface area contributed by atoms with E-state index < -0.39 is 0 Å². The molecule has 0 amide bonds. The molecule has 16 heavy (non-hydrogen) atoms. The van der Waals surface area contributed by atoms with Crippen molar-refractivity contribution in [3.05, 3.63) is 33.5 Å². The van der Waals surface area contributed by atoms with Gasteiger partial charge in [-0.2, -0.15) is 4.98 Å². The van der Waals surface area contributed by atoms with Crippen molar-refractivity contribution in [1.29, 1.82) is 0 Å². The fourth-order valence-corrected chi connectivity index (χ4v) is 2.14. The number of halogens is 3. The lowest BCUT2D eigenvalue weighted by Crippen LogP contribution is -1.86. The van der Waals surface area contributed by atoms with Gasteiger partial charge in [0.2, 0.25) is 0 Å². The maximum absolute atomic E-state index is 5.92. The lowest BCUT2D eigenvalue weighted by molar-refractivity contribution is 0.422. The molecule has 3 nitrogen and oxygen atoms in total. The first-order valence-electron chi connectivity index (χ1n) is 4.50. The third-order valence-electron chi connectivity index (χ3n) is 1.91. The molecule has 0 N–H and O–H groups in total. The number of nitrogens with zero attached hydrogens (tertiary/aromatic N) is 2. The molecule has 1 heterocycles. The van der Waals surface area contributed by atoms with Crippen molar-refractivity contribution in [1.82, 2.24) is 10.1 Å². The molecule has 84 valence electrons. The van der Waals surface area contributed by atoms with Gasteiger partial charge in [-0.15, -0.1) is 11.6 Å². The minimum atomic E-state index is -0.278. The van der Waals surface area contributed by atoms with Crippen molar-refractivity contribution in [3.63, 3.8) is 0 Å². The van der Waals surface area contributed by atoms with E-state index in [0.717, 1.165) is 10.0 Å². The van der Waals surface area contributed by atoms with Gasteiger partial charge in [0.1, 0.15) is 0 Å². The molecule has 0 aliphatic carbocycles. The summed E-state index contributed by atoms with van der Waals surface area (Å²) in [5, 5.41) is 4.10. The Morgan fingerprint density at radius 2 is 2.12 bits per heavy atom. The first kappa shape index (κ1) is 11.9. The third-order valence-corrected chi connectivity index (χ3v) is 2.78. The SMILES string of the molecule is CC(Cl)c1noc(-c2cc(Cl)cc(Br)c2)n1. The molecule has 0 radical (unpaired) electrons. The van der Waals surface area contributed by atoms with Gasteiger partial charge < -0.3 is 4.52 Å². The molecular formula is C10H7BrCl2N2O. The number of benzene rings is 1. The van der Waals surface area contributed by atoms with Gasteiger partial charge in [-0.25, -0.2) is 0 Å². The smallest absolute Gasteiger partial charge is 0.258 e. The maximum Gasteiger partial charge on any atom is 0.258 e. The minimum Gasteiger partial charge on any atom is -0.334 e. The summed E-state index contributed by atoms with van der Waals surface area (Å²) in [6.07, 6.45) is 0. The van der Waals surface area contributed by atoms with Crippen LogP contribution in [0.2, 0.25) is 5.02 Å². The van der Waals surface area contributed by atoms with E-state index in [4.69, 9.17) is 27.7 Å². The normalized spacial score (nSPS) is 12.8. The van der Waals surface area contributed by atoms with Crippen LogP contribution in [0.3, 0.4) is 0 Å². The Balaban J connectivity index is 2.42. The van der Waals surface area contributed by atoms with E-state index in [9.17, 15) is 0 Å². The molecule has 1 aromatic carbocycles. The van der Waals surface area contributed by atoms with Gasteiger partial charge >= 0.3 is 0 Å². The van der Waals surface area contributed by atoms with E-state index in [2.05, 4.69) is 26.1 Å². The van der Waals surface area contributed by atoms with E-state index in [1.54, 1.807) is 19.1 Å². The summed E-state index contributed by atoms with van der Waals surface area (Å²) in [4.78, 5) is 4.17. The highest BCUT2D eigenvalue weighted by Gasteiger charge is 2.13. The van der Waals surface area contributed by atoms with Crippen LogP contribution in [0.4, 0.5) is 0 Å². The zero-order valence-electron chi connectivity index (χ0n) is 8.25. The lowest BCUT2D eigenvalue weighted by Gasteiger charge is -1.97. The van der Waals surface area contributed by atoms with Gasteiger partial charge in [0, 0.05) is 15.1 Å². The van der Waals surface area contributed by atoms with Gasteiger partial charge in [-0.1, -0.05) is 32.7 Å². The molecule has 0 spiro atoms. The van der Waals surface area contributed by atoms with E-state index in [1.807, 2.05) is 6.07 Å². The molecule has 0 aliphatic heterocycles. The van der Waals surface area contributed by atoms with Gasteiger partial charge in [-0.3, -0.25) is 0 Å². The number of hydrogen-bond donors (Lipinski definition) is 0. The Morgan fingerprint density at radius 3 is 2.69 bits per heavy atom. The second-order valence-electron chi connectivity index (χ2n) is 3.23. The number of hydrogen-bond acceptors (Lipinski definition) is 3. The second kappa shape index (κ2) is 4.73. The van der Waals surface area contributed by atoms with Gasteiger partial charge in [0.05, 0.1) is 5.38 Å². The van der Waals surface area contributed by atoms with Crippen LogP contribution in [0.15, 0.2) is 27.2 Å². The molecule has 2 rings (SSSR count). The molecule has 0 bridgehead atoms. The van der Waals surface area contributed by atoms with Crippen LogP contribution in [0.5, 0.6) is 0 Å². The zero-order chi connectivity index (χ0) is 11.7. The summed E-state index contributed by atoms with van der Waals surface area (Å²) in [5.74, 6) is 0.874. The molecule has 1 atom stereocenters. The standard InChI is InChI=1S/C10H7BrCl2N2O/c1-5(12)9-14-10(16-15-9)6-2-7(11)4-8(13)3-6/h2-5H,1H3. The zero-order valence-corrected chi connectivity index (χ0v) is 11.3. The Labute approximate surface area is 111 Å². The first-order valence-corrected chi connectivity index (χ1v) is 6.11. The molecule has 1 aromatic heterocycles. The number of alkyl halides is 1. The Morgan fingerprint density at radius 1 is 1.38 bits per heavy atom. The van der Waals surface area contributed by atoms with Crippen molar-refractivity contribution >= 4 is 39.1 Å². The summed E-state index contributed by atoms with van der Waals surface area (Å²) in [5.41, 5.74) is 0.760. The Hall–Kier alpha value is -0.580. The molecule has 0 saturated heterocycles. The predicted molar refractivity (Wildman–Crippen MR) is 66.7 cm³/mol. The maximum atomic E-state index is 5.92. The Bertz CT molecular complexity index is 493. The van der Waals surface area contributed by atoms with E-state index in [-0.39, 0.29) is 5.38 Å². The molecular weight excluding hydrogens is 315 g/mol. The molecule has 0 fully saturated rings. The van der Waals surface area contributed by atoms with Crippen LogP contribution in [-0.2, 0) is 0 Å². The van der Waals surface area contributed by atoms with Gasteiger partial charge in [0.25, 0.3) is 5.89 Å². The summed E-state index contributed by atoms with van der Waals surface area (Å²) < 4.78 is 5.95. The van der Waals surface area contributed by atoms with Crippen LogP contribution in [-0.4, -0.2) is 10.1 Å². The monoisotopic (exact) mass is 320 g/mol. The largest absolute Gasteiger partial charge is 0.334 e. The molecule has 1 unspecified atom stereocenters. The third kappa shape index (κ3) is 2.56. The molecule has 6 heteroatoms. The fraction of sp³-hybridized carbons (Fsp3) is 0.200. The predicted octanol–water partition coefficient (Wildman–Crippen LogP) is 4.45. The summed E-state index contributed by atoms with van der Waals surface area (Å²) >= 11 is 15.1. The van der Waals surface area contributed by atoms with Crippen molar-refractivity contribution in [3.8, 4) is 11.5 Å². The summed E-state index contributed by atoms with van der Waals surface area (Å²) in [6.45, 7) is 1.78. The second-order valence-corrected chi connectivity index (χ2v) is 5.24. The van der Waals surface area contributed by atoms with Crippen molar-refractivity contribution in [2.75, 3.05) is 0 Å².